The van der Waals surface area contributed by atoms with Crippen LogP contribution in [0.5, 0.6) is 5.75 Å². The largest absolute Gasteiger partial charge is 0.497 e. The van der Waals surface area contributed by atoms with Gasteiger partial charge in [-0.3, -0.25) is 9.69 Å². The number of hydrogen-bond acceptors (Lipinski definition) is 5. The standard InChI is InChI=1S/C21H25N3O5/c1-28-15-8-6-14(7-9-15)19-18-16(13-29-20(18)26)24(21(27)22-19)12-17(25)23-10-4-2-3-5-11-23/h6-9,19H,2-5,10-13H2,1H3,(H,22,27). The van der Waals surface area contributed by atoms with Crippen LogP contribution in [0.4, 0.5) is 4.79 Å². The van der Waals surface area contributed by atoms with Crippen LogP contribution < -0.4 is 10.1 Å². The summed E-state index contributed by atoms with van der Waals surface area (Å²) in [6.45, 7) is 1.34. The number of hydrogen-bond donors (Lipinski definition) is 1. The molecular formula is C21H25N3O5. The summed E-state index contributed by atoms with van der Waals surface area (Å²) in [7, 11) is 1.57. The van der Waals surface area contributed by atoms with Crippen LogP contribution in [0.25, 0.3) is 0 Å². The van der Waals surface area contributed by atoms with Crippen LogP contribution in [0.2, 0.25) is 0 Å². The van der Waals surface area contributed by atoms with Crippen LogP contribution in [0.15, 0.2) is 35.5 Å². The van der Waals surface area contributed by atoms with Crippen molar-refractivity contribution in [1.29, 1.82) is 0 Å². The summed E-state index contributed by atoms with van der Waals surface area (Å²) in [6, 6.07) is 6.15. The molecule has 29 heavy (non-hydrogen) atoms. The van der Waals surface area contributed by atoms with Gasteiger partial charge in [0.1, 0.15) is 18.9 Å². The summed E-state index contributed by atoms with van der Waals surface area (Å²) in [5.41, 5.74) is 1.62. The van der Waals surface area contributed by atoms with E-state index in [0.29, 0.717) is 30.1 Å². The molecule has 154 valence electrons. The lowest BCUT2D eigenvalue weighted by molar-refractivity contribution is -0.136. The van der Waals surface area contributed by atoms with E-state index in [4.69, 9.17) is 9.47 Å². The summed E-state index contributed by atoms with van der Waals surface area (Å²) >= 11 is 0. The predicted octanol–water partition coefficient (Wildman–Crippen LogP) is 1.97. The summed E-state index contributed by atoms with van der Waals surface area (Å²) in [5.74, 6) is 0.118. The van der Waals surface area contributed by atoms with Crippen LogP contribution >= 0.6 is 0 Å². The highest BCUT2D eigenvalue weighted by Gasteiger charge is 2.43. The molecule has 8 heteroatoms. The fourth-order valence-electron chi connectivity index (χ4n) is 4.08. The number of nitrogens with zero attached hydrogens (tertiary/aromatic N) is 2. The minimum Gasteiger partial charge on any atom is -0.497 e. The number of amides is 3. The molecule has 1 N–H and O–H groups in total. The predicted molar refractivity (Wildman–Crippen MR) is 104 cm³/mol. The van der Waals surface area contributed by atoms with Crippen molar-refractivity contribution in [3.63, 3.8) is 0 Å². The first-order chi connectivity index (χ1) is 14.1. The second-order valence-electron chi connectivity index (χ2n) is 7.47. The summed E-state index contributed by atoms with van der Waals surface area (Å²) in [5, 5.41) is 2.86. The molecule has 0 radical (unpaired) electrons. The Morgan fingerprint density at radius 3 is 2.48 bits per heavy atom. The van der Waals surface area contributed by atoms with Crippen LogP contribution in [0.3, 0.4) is 0 Å². The average molecular weight is 399 g/mol. The Kier molecular flexibility index (Phi) is 5.42. The van der Waals surface area contributed by atoms with Gasteiger partial charge in [0.05, 0.1) is 24.4 Å². The minimum atomic E-state index is -0.608. The fourth-order valence-corrected chi connectivity index (χ4v) is 4.08. The minimum absolute atomic E-state index is 0.00151. The van der Waals surface area contributed by atoms with Crippen LogP contribution in [-0.4, -0.2) is 61.1 Å². The quantitative estimate of drug-likeness (QED) is 0.782. The first kappa shape index (κ1) is 19.3. The Bertz CT molecular complexity index is 840. The van der Waals surface area contributed by atoms with Gasteiger partial charge in [0.2, 0.25) is 5.91 Å². The Labute approximate surface area is 169 Å². The normalized spacial score (nSPS) is 22.0. The van der Waals surface area contributed by atoms with Gasteiger partial charge >= 0.3 is 12.0 Å². The van der Waals surface area contributed by atoms with E-state index in [0.717, 1.165) is 31.2 Å². The van der Waals surface area contributed by atoms with Gasteiger partial charge in [-0.25, -0.2) is 9.59 Å². The lowest BCUT2D eigenvalue weighted by Gasteiger charge is -2.33. The molecule has 1 aromatic rings. The zero-order valence-electron chi connectivity index (χ0n) is 16.5. The number of carbonyl (C=O) groups is 3. The number of ether oxygens (including phenoxy) is 2. The zero-order valence-corrected chi connectivity index (χ0v) is 16.5. The number of nitrogens with one attached hydrogen (secondary N) is 1. The molecule has 1 saturated heterocycles. The summed E-state index contributed by atoms with van der Waals surface area (Å²) in [6.07, 6.45) is 4.20. The number of urea groups is 1. The average Bonchev–Trinajstić information content (AvgIpc) is 2.94. The summed E-state index contributed by atoms with van der Waals surface area (Å²) < 4.78 is 10.4. The third-order valence-electron chi connectivity index (χ3n) is 5.70. The second kappa shape index (κ2) is 8.14. The summed E-state index contributed by atoms with van der Waals surface area (Å²) in [4.78, 5) is 41.2. The SMILES string of the molecule is COc1ccc(C2NC(=O)N(CC(=O)N3CCCCCC3)C3=C2C(=O)OC3)cc1. The molecule has 0 spiro atoms. The number of methoxy groups -OCH3 is 1. The topological polar surface area (TPSA) is 88.2 Å². The lowest BCUT2D eigenvalue weighted by Crippen LogP contribution is -2.51. The molecule has 3 amide bonds. The molecule has 1 fully saturated rings. The van der Waals surface area contributed by atoms with E-state index in [9.17, 15) is 14.4 Å². The first-order valence-corrected chi connectivity index (χ1v) is 9.98. The molecule has 1 atom stereocenters. The molecular weight excluding hydrogens is 374 g/mol. The van der Waals surface area contributed by atoms with Gasteiger partial charge in [-0.05, 0) is 30.5 Å². The number of benzene rings is 1. The molecule has 0 aromatic heterocycles. The molecule has 3 aliphatic rings. The van der Waals surface area contributed by atoms with Crippen LogP contribution in [0, 0.1) is 0 Å². The highest BCUT2D eigenvalue weighted by Crippen LogP contribution is 2.35. The Morgan fingerprint density at radius 1 is 1.14 bits per heavy atom. The van der Waals surface area contributed by atoms with Crippen molar-refractivity contribution < 1.29 is 23.9 Å². The molecule has 0 saturated carbocycles. The number of likely N-dealkylation sites (tertiary alicyclic amines) is 1. The van der Waals surface area contributed by atoms with E-state index < -0.39 is 18.0 Å². The molecule has 0 aliphatic carbocycles. The zero-order chi connectivity index (χ0) is 20.4. The van der Waals surface area contributed by atoms with E-state index >= 15 is 0 Å². The smallest absolute Gasteiger partial charge is 0.338 e. The number of cyclic esters (lactones) is 1. The van der Waals surface area contributed by atoms with Crippen LogP contribution in [0.1, 0.15) is 37.3 Å². The van der Waals surface area contributed by atoms with Gasteiger partial charge in [-0.15, -0.1) is 0 Å². The van der Waals surface area contributed by atoms with Gasteiger partial charge in [-0.1, -0.05) is 25.0 Å². The molecule has 3 aliphatic heterocycles. The number of rotatable bonds is 4. The molecule has 3 heterocycles. The molecule has 8 nitrogen and oxygen atoms in total. The van der Waals surface area contributed by atoms with Crippen molar-refractivity contribution in [1.82, 2.24) is 15.1 Å². The number of esters is 1. The highest BCUT2D eigenvalue weighted by atomic mass is 16.5. The maximum Gasteiger partial charge on any atom is 0.338 e. The maximum absolute atomic E-state index is 12.9. The van der Waals surface area contributed by atoms with E-state index in [-0.39, 0.29) is 19.1 Å². The lowest BCUT2D eigenvalue weighted by atomic mass is 9.95. The van der Waals surface area contributed by atoms with Crippen molar-refractivity contribution in [2.24, 2.45) is 0 Å². The molecule has 1 aromatic carbocycles. The maximum atomic E-state index is 12.9. The van der Waals surface area contributed by atoms with Crippen molar-refractivity contribution >= 4 is 17.9 Å². The molecule has 0 bridgehead atoms. The van der Waals surface area contributed by atoms with Crippen molar-refractivity contribution in [3.8, 4) is 5.75 Å². The van der Waals surface area contributed by atoms with Gasteiger partial charge < -0.3 is 19.7 Å². The van der Waals surface area contributed by atoms with E-state index in [1.807, 2.05) is 4.90 Å². The van der Waals surface area contributed by atoms with E-state index in [2.05, 4.69) is 5.32 Å². The number of carbonyl (C=O) groups excluding carboxylic acids is 3. The highest BCUT2D eigenvalue weighted by molar-refractivity contribution is 5.98. The Hall–Kier alpha value is -3.03. The van der Waals surface area contributed by atoms with E-state index in [1.165, 1.54) is 4.90 Å². The Balaban J connectivity index is 1.59. The van der Waals surface area contributed by atoms with Gasteiger partial charge in [0.25, 0.3) is 0 Å². The van der Waals surface area contributed by atoms with Gasteiger partial charge in [0, 0.05) is 13.1 Å². The second-order valence-corrected chi connectivity index (χ2v) is 7.47. The van der Waals surface area contributed by atoms with Crippen molar-refractivity contribution in [3.05, 3.63) is 41.1 Å². The van der Waals surface area contributed by atoms with Crippen LogP contribution in [-0.2, 0) is 14.3 Å². The van der Waals surface area contributed by atoms with Gasteiger partial charge in [-0.2, -0.15) is 0 Å². The fraction of sp³-hybridized carbons (Fsp3) is 0.476. The van der Waals surface area contributed by atoms with Crippen molar-refractivity contribution in [2.45, 2.75) is 31.7 Å². The van der Waals surface area contributed by atoms with Gasteiger partial charge in [0.15, 0.2) is 0 Å². The van der Waals surface area contributed by atoms with E-state index in [1.54, 1.807) is 31.4 Å². The molecule has 4 rings (SSSR count). The Morgan fingerprint density at radius 2 is 1.83 bits per heavy atom. The third kappa shape index (κ3) is 3.79. The first-order valence-electron chi connectivity index (χ1n) is 9.98. The third-order valence-corrected chi connectivity index (χ3v) is 5.70. The van der Waals surface area contributed by atoms with Crippen molar-refractivity contribution in [2.75, 3.05) is 33.4 Å². The molecule has 1 unspecified atom stereocenters. The monoisotopic (exact) mass is 399 g/mol.